The molecule has 4 atom stereocenters. The number of nitrogens with two attached hydrogens (primary N) is 3. The van der Waals surface area contributed by atoms with Gasteiger partial charge in [0.1, 0.15) is 40.5 Å². The Hall–Kier alpha value is -8.24. The van der Waals surface area contributed by atoms with E-state index in [0.717, 1.165) is 169 Å². The Morgan fingerprint density at radius 2 is 0.797 bits per heavy atom. The molecular weight excluding hydrogens is 1660 g/mol. The summed E-state index contributed by atoms with van der Waals surface area (Å²) in [5.74, 6) is 5.92. The second-order valence-corrected chi connectivity index (χ2v) is 32.4. The van der Waals surface area contributed by atoms with Crippen molar-refractivity contribution < 1.29 is 38.1 Å². The highest BCUT2D eigenvalue weighted by atomic mass is 35.5. The summed E-state index contributed by atoms with van der Waals surface area (Å²) >= 11 is 23.6. The predicted octanol–water partition coefficient (Wildman–Crippen LogP) is 20.0. The summed E-state index contributed by atoms with van der Waals surface area (Å²) in [6, 6.07) is 19.0. The maximum atomic E-state index is 11.6. The number of unbranched alkanes of at least 4 members (excludes halogenated alkanes) is 4. The van der Waals surface area contributed by atoms with Gasteiger partial charge in [-0.25, -0.2) is 24.9 Å². The number of halogens is 4. The summed E-state index contributed by atoms with van der Waals surface area (Å²) in [5, 5.41) is 34.1. The third-order valence-electron chi connectivity index (χ3n) is 17.3. The normalized spacial score (nSPS) is 12.3. The molecule has 8 heterocycles. The highest BCUT2D eigenvalue weighted by Gasteiger charge is 2.29. The van der Waals surface area contributed by atoms with Gasteiger partial charge in [-0.2, -0.15) is 15.0 Å². The van der Waals surface area contributed by atoms with Gasteiger partial charge in [0.2, 0.25) is 46.1 Å². The van der Waals surface area contributed by atoms with E-state index < -0.39 is 0 Å². The molecule has 0 radical (unpaired) electrons. The first-order chi connectivity index (χ1) is 54.3. The summed E-state index contributed by atoms with van der Waals surface area (Å²) in [6.07, 6.45) is 12.4. The monoisotopic (exact) mass is 1790 g/mol. The van der Waals surface area contributed by atoms with E-state index in [-0.39, 0.29) is 97.0 Å². The molecule has 4 amide bonds. The first-order valence-corrected chi connectivity index (χ1v) is 42.7. The standard InChI is InChI=1S/C24H33N5O3S.C15H21ClN4OS.C15H23N5OS.C9H20N2O.C9H13NO2.C6H2Cl2N2S.C2H6.3CH4.ClH/c1-6-7-11-24(3,15-26-16(2)30)29-22-21-19(10-12-33-21)27-23(28-22)25-14-17-8-9-18(31-4)13-20(17)32-5;2*1-4-5-7-15(3,9-17-10(2)21)20-13-12-11(6-8-22-12)18-14(16)19-13;1-4-5-6-9(3,10)7-11-8(2)12;1-11-8-4-3-7(6-10)9(5-8)12-2;7-5-4-3(1-2-11-4)9-6(8)10-5;1-2;;;;/h8-10,12-13H,6-7,11,14-15H2,1-5H3,(H,26,30)(H2,25,27,28,29);6,8H,4-5,7,9H2,1-3H3,(H,17,21)(H,18,19,20);6,8H,4-5,7,9H2,1-3H3,(H,17,21)(H3,16,18,19,20);4-7,10H2,1-3H3,(H,11,12);3-5H,6,10H2,1-2H3;1-2H;1-2H3;3*1H4;1H/t24-;2*15-;9-;;;;;;;/m1111......./s1. The number of carbonyl (C=O) groups excluding carboxylic acids is 4. The van der Waals surface area contributed by atoms with Gasteiger partial charge in [0, 0.05) is 95.8 Å². The molecule has 8 aromatic heterocycles. The maximum absolute atomic E-state index is 11.6. The van der Waals surface area contributed by atoms with E-state index in [2.05, 4.69) is 126 Å². The number of aromatic nitrogens is 8. The van der Waals surface area contributed by atoms with Gasteiger partial charge in [-0.05, 0) is 141 Å². The molecule has 0 spiro atoms. The molecule has 14 N–H and O–H groups in total. The molecule has 27 nitrogen and oxygen atoms in total. The van der Waals surface area contributed by atoms with Crippen molar-refractivity contribution in [2.75, 3.05) is 81.6 Å². The van der Waals surface area contributed by atoms with Gasteiger partial charge in [-0.1, -0.05) is 133 Å². The molecule has 658 valence electrons. The zero-order chi connectivity index (χ0) is 84.6. The summed E-state index contributed by atoms with van der Waals surface area (Å²) < 4.78 is 24.8. The average molecular weight is 1790 g/mol. The van der Waals surface area contributed by atoms with Crippen molar-refractivity contribution in [3.05, 3.63) is 109 Å². The third-order valence-corrected chi connectivity index (χ3v) is 21.7. The van der Waals surface area contributed by atoms with Crippen LogP contribution in [0.3, 0.4) is 0 Å². The molecule has 10 aromatic rings. The number of ether oxygens (including phenoxy) is 4. The Morgan fingerprint density at radius 1 is 0.449 bits per heavy atom. The van der Waals surface area contributed by atoms with Crippen molar-refractivity contribution in [3.8, 4) is 23.0 Å². The molecule has 118 heavy (non-hydrogen) atoms. The van der Waals surface area contributed by atoms with Crippen LogP contribution in [-0.2, 0) is 32.3 Å². The van der Waals surface area contributed by atoms with Gasteiger partial charge in [0.25, 0.3) is 0 Å². The highest BCUT2D eigenvalue weighted by molar-refractivity contribution is 7.18. The first-order valence-electron chi connectivity index (χ1n) is 38.0. The van der Waals surface area contributed by atoms with Crippen molar-refractivity contribution in [1.82, 2.24) is 61.1 Å². The lowest BCUT2D eigenvalue weighted by Crippen LogP contribution is -2.47. The number of hydrogen-bond acceptors (Lipinski definition) is 27. The number of hydrogen-bond donors (Lipinski definition) is 11. The van der Waals surface area contributed by atoms with E-state index in [1.165, 1.54) is 39.0 Å². The number of nitrogens with zero attached hydrogens (tertiary/aromatic N) is 8. The molecule has 10 rings (SSSR count). The average Bonchev–Trinajstić information content (AvgIpc) is 1.61. The van der Waals surface area contributed by atoms with Crippen molar-refractivity contribution in [1.29, 1.82) is 0 Å². The predicted molar refractivity (Wildman–Crippen MR) is 504 cm³/mol. The van der Waals surface area contributed by atoms with Crippen molar-refractivity contribution in [2.24, 2.45) is 11.5 Å². The fourth-order valence-electron chi connectivity index (χ4n) is 11.0. The minimum atomic E-state index is -0.330. The van der Waals surface area contributed by atoms with Crippen LogP contribution in [0.5, 0.6) is 23.0 Å². The quantitative estimate of drug-likeness (QED) is 0.0132. The lowest BCUT2D eigenvalue weighted by Gasteiger charge is -2.32. The zero-order valence-corrected chi connectivity index (χ0v) is 75.9. The van der Waals surface area contributed by atoms with Crippen LogP contribution in [-0.4, -0.2) is 140 Å². The van der Waals surface area contributed by atoms with E-state index in [1.807, 2.05) is 103 Å². The Bertz CT molecular complexity index is 4480. The fraction of sp³-hybridized carbons (Fsp3) is 0.518. The van der Waals surface area contributed by atoms with Crippen LogP contribution < -0.4 is 78.7 Å². The molecule has 0 bridgehead atoms. The van der Waals surface area contributed by atoms with E-state index in [9.17, 15) is 19.2 Å². The van der Waals surface area contributed by atoms with Gasteiger partial charge in [-0.15, -0.1) is 57.8 Å². The molecule has 0 saturated carbocycles. The van der Waals surface area contributed by atoms with Crippen molar-refractivity contribution in [3.63, 3.8) is 0 Å². The summed E-state index contributed by atoms with van der Waals surface area (Å²) in [7, 11) is 6.51. The third kappa shape index (κ3) is 38.0. The second kappa shape index (κ2) is 56.3. The van der Waals surface area contributed by atoms with Crippen LogP contribution >= 0.6 is 92.6 Å². The van der Waals surface area contributed by atoms with E-state index in [0.29, 0.717) is 50.4 Å². The van der Waals surface area contributed by atoms with E-state index >= 15 is 0 Å². The Morgan fingerprint density at radius 3 is 1.19 bits per heavy atom. The molecule has 35 heteroatoms. The fourth-order valence-corrected chi connectivity index (χ4v) is 14.7. The van der Waals surface area contributed by atoms with Gasteiger partial charge in [0.05, 0.1) is 85.9 Å². The number of thiophene rings is 4. The zero-order valence-electron chi connectivity index (χ0n) is 69.6. The minimum absolute atomic E-state index is 0. The number of nitrogens with one attached hydrogen (secondary N) is 8. The van der Waals surface area contributed by atoms with Gasteiger partial charge in [-0.3, -0.25) is 19.2 Å². The molecule has 0 unspecified atom stereocenters. The molecule has 0 fully saturated rings. The Balaban J connectivity index is 0.00000144. The largest absolute Gasteiger partial charge is 0.497 e. The molecular formula is C83H131Cl4N19O8S4. The summed E-state index contributed by atoms with van der Waals surface area (Å²) in [5.41, 5.74) is 21.4. The lowest BCUT2D eigenvalue weighted by molar-refractivity contribution is -0.120. The highest BCUT2D eigenvalue weighted by Crippen LogP contribution is 2.35. The van der Waals surface area contributed by atoms with Gasteiger partial charge >= 0.3 is 0 Å². The summed E-state index contributed by atoms with van der Waals surface area (Å²) in [6.45, 7) is 30.1. The number of methoxy groups -OCH3 is 4. The van der Waals surface area contributed by atoms with Crippen LogP contribution in [0, 0.1) is 0 Å². The second-order valence-electron chi connectivity index (χ2n) is 27.7. The number of benzene rings is 2. The Kier molecular flexibility index (Phi) is 52.4. The van der Waals surface area contributed by atoms with Crippen LogP contribution in [0.4, 0.5) is 29.4 Å². The number of nitrogen functional groups attached to an aromatic ring is 1. The van der Waals surface area contributed by atoms with Crippen molar-refractivity contribution >= 4 is 186 Å². The molecule has 2 aromatic carbocycles. The van der Waals surface area contributed by atoms with Gasteiger partial charge < -0.3 is 78.7 Å². The SMILES string of the molecule is C.C.C.CC.CCCC[C@@](C)(N)CNC(C)=O.CCCC[C@](C)(CNC(C)=O)Nc1nc(Cl)nc2ccsc12.CCCC[C@](C)(CNC(C)=O)Nc1nc(N)nc2ccsc12.CCCC[C@](C)(CNC(C)=O)Nc1nc(NCc2ccc(OC)cc2OC)nc2ccsc12.COc1ccc(CN)c(OC)c1.Cl.Clc1nc(Cl)c2sccc2n1. The Labute approximate surface area is 737 Å². The molecule has 0 aliphatic heterocycles. The van der Waals surface area contributed by atoms with Crippen LogP contribution in [0.1, 0.15) is 207 Å². The molecule has 0 aliphatic carbocycles. The number of rotatable bonds is 34. The first kappa shape index (κ1) is 110. The molecule has 0 saturated heterocycles. The van der Waals surface area contributed by atoms with E-state index in [4.69, 9.17) is 75.9 Å². The lowest BCUT2D eigenvalue weighted by atomic mass is 9.94. The van der Waals surface area contributed by atoms with Gasteiger partial charge in [0.15, 0.2) is 5.15 Å². The smallest absolute Gasteiger partial charge is 0.225 e. The number of carbonyl (C=O) groups is 4. The van der Waals surface area contributed by atoms with Crippen LogP contribution in [0.15, 0.2) is 82.2 Å². The summed E-state index contributed by atoms with van der Waals surface area (Å²) in [4.78, 5) is 79.1. The van der Waals surface area contributed by atoms with E-state index in [1.54, 1.807) is 62.4 Å². The number of fused-ring (bicyclic) bond motifs is 4. The maximum Gasteiger partial charge on any atom is 0.225 e. The van der Waals surface area contributed by atoms with Crippen molar-refractivity contribution in [2.45, 2.75) is 232 Å². The van der Waals surface area contributed by atoms with Crippen LogP contribution in [0.25, 0.3) is 40.9 Å². The number of anilines is 5. The topological polar surface area (TPSA) is 383 Å². The minimum Gasteiger partial charge on any atom is -0.497 e. The van der Waals surface area contributed by atoms with Crippen LogP contribution in [0.2, 0.25) is 15.7 Å². The molecule has 0 aliphatic rings. The number of amides is 4.